The van der Waals surface area contributed by atoms with Gasteiger partial charge in [-0.1, -0.05) is 36.4 Å². The van der Waals surface area contributed by atoms with Gasteiger partial charge in [0, 0.05) is 12.4 Å². The molecule has 162 valence electrons. The molecule has 0 bridgehead atoms. The summed E-state index contributed by atoms with van der Waals surface area (Å²) in [5.41, 5.74) is 2.79. The second-order valence-corrected chi connectivity index (χ2v) is 7.45. The number of aromatic nitrogens is 2. The lowest BCUT2D eigenvalue weighted by molar-refractivity contribution is -0.231. The Morgan fingerprint density at radius 3 is 2.03 bits per heavy atom. The van der Waals surface area contributed by atoms with E-state index >= 15 is 0 Å². The lowest BCUT2D eigenvalue weighted by Crippen LogP contribution is -2.55. The SMILES string of the molecule is OC[C@H]1O[C@@H](c2ccc(Cc3ccc(Oc4ncccn4)cc3)cc2)[C@H](O)[C@@H](O)[C@@H]1O. The van der Waals surface area contributed by atoms with Crippen LogP contribution in [0.5, 0.6) is 11.8 Å². The predicted molar refractivity (Wildman–Crippen MR) is 111 cm³/mol. The molecule has 4 rings (SSSR count). The topological polar surface area (TPSA) is 125 Å². The molecule has 31 heavy (non-hydrogen) atoms. The molecular formula is C23H24N2O6. The zero-order chi connectivity index (χ0) is 21.8. The summed E-state index contributed by atoms with van der Waals surface area (Å²) in [5.74, 6) is 0.646. The van der Waals surface area contributed by atoms with Gasteiger partial charge >= 0.3 is 6.01 Å². The Morgan fingerprint density at radius 2 is 1.42 bits per heavy atom. The van der Waals surface area contributed by atoms with Crippen LogP contribution in [0, 0.1) is 0 Å². The normalized spacial score (nSPS) is 25.9. The van der Waals surface area contributed by atoms with Crippen molar-refractivity contribution in [3.8, 4) is 11.8 Å². The smallest absolute Gasteiger partial charge is 0.321 e. The third kappa shape index (κ3) is 4.90. The minimum Gasteiger partial charge on any atom is -0.424 e. The first-order valence-electron chi connectivity index (χ1n) is 9.98. The molecule has 2 aromatic carbocycles. The summed E-state index contributed by atoms with van der Waals surface area (Å²) in [6, 6.07) is 17.1. The Bertz CT molecular complexity index is 966. The maximum Gasteiger partial charge on any atom is 0.321 e. The highest BCUT2D eigenvalue weighted by molar-refractivity contribution is 5.34. The minimum absolute atomic E-state index is 0.291. The van der Waals surface area contributed by atoms with Gasteiger partial charge in [0.2, 0.25) is 0 Å². The molecule has 4 N–H and O–H groups in total. The van der Waals surface area contributed by atoms with Crippen LogP contribution in [-0.4, -0.2) is 61.4 Å². The summed E-state index contributed by atoms with van der Waals surface area (Å²) in [6.45, 7) is -0.449. The molecule has 5 atom stereocenters. The molecule has 1 aliphatic rings. The van der Waals surface area contributed by atoms with Gasteiger partial charge in [-0.3, -0.25) is 0 Å². The molecule has 0 radical (unpaired) electrons. The molecule has 1 saturated heterocycles. The van der Waals surface area contributed by atoms with E-state index in [1.165, 1.54) is 0 Å². The number of nitrogens with zero attached hydrogens (tertiary/aromatic N) is 2. The average Bonchev–Trinajstić information content (AvgIpc) is 2.80. The fourth-order valence-corrected chi connectivity index (χ4v) is 3.56. The number of ether oxygens (including phenoxy) is 2. The predicted octanol–water partition coefficient (Wildman–Crippen LogP) is 1.37. The van der Waals surface area contributed by atoms with Crippen molar-refractivity contribution in [2.24, 2.45) is 0 Å². The van der Waals surface area contributed by atoms with E-state index in [-0.39, 0.29) is 0 Å². The van der Waals surface area contributed by atoms with E-state index in [2.05, 4.69) is 9.97 Å². The van der Waals surface area contributed by atoms with Gasteiger partial charge in [-0.05, 0) is 41.3 Å². The van der Waals surface area contributed by atoms with Crippen LogP contribution in [0.1, 0.15) is 22.8 Å². The third-order valence-electron chi connectivity index (χ3n) is 5.28. The maximum absolute atomic E-state index is 10.3. The molecule has 3 aromatic rings. The van der Waals surface area contributed by atoms with Gasteiger partial charge in [-0.2, -0.15) is 0 Å². The van der Waals surface area contributed by atoms with Crippen molar-refractivity contribution < 1.29 is 29.9 Å². The number of aliphatic hydroxyl groups is 4. The molecule has 2 heterocycles. The second-order valence-electron chi connectivity index (χ2n) is 7.45. The lowest BCUT2D eigenvalue weighted by Gasteiger charge is -2.40. The van der Waals surface area contributed by atoms with E-state index in [0.717, 1.165) is 11.1 Å². The second kappa shape index (κ2) is 9.51. The quantitative estimate of drug-likeness (QED) is 0.468. The summed E-state index contributed by atoms with van der Waals surface area (Å²) in [4.78, 5) is 8.06. The van der Waals surface area contributed by atoms with Crippen molar-refractivity contribution in [3.63, 3.8) is 0 Å². The Hall–Kier alpha value is -2.88. The number of benzene rings is 2. The van der Waals surface area contributed by atoms with Gasteiger partial charge in [0.15, 0.2) is 0 Å². The molecule has 0 spiro atoms. The molecule has 8 heteroatoms. The van der Waals surface area contributed by atoms with Crippen molar-refractivity contribution in [2.75, 3.05) is 6.61 Å². The molecule has 0 unspecified atom stereocenters. The van der Waals surface area contributed by atoms with E-state index in [1.807, 2.05) is 48.5 Å². The van der Waals surface area contributed by atoms with Crippen LogP contribution in [-0.2, 0) is 11.2 Å². The van der Waals surface area contributed by atoms with Gasteiger partial charge in [-0.25, -0.2) is 9.97 Å². The first-order chi connectivity index (χ1) is 15.0. The lowest BCUT2D eigenvalue weighted by atomic mass is 9.90. The van der Waals surface area contributed by atoms with Crippen LogP contribution < -0.4 is 4.74 Å². The summed E-state index contributed by atoms with van der Waals surface area (Å²) >= 11 is 0. The van der Waals surface area contributed by atoms with Crippen molar-refractivity contribution in [1.82, 2.24) is 9.97 Å². The van der Waals surface area contributed by atoms with Crippen molar-refractivity contribution in [2.45, 2.75) is 36.9 Å². The van der Waals surface area contributed by atoms with Gasteiger partial charge in [0.1, 0.15) is 36.3 Å². The van der Waals surface area contributed by atoms with Crippen LogP contribution in [0.4, 0.5) is 0 Å². The summed E-state index contributed by atoms with van der Waals surface area (Å²) in [5, 5.41) is 39.5. The van der Waals surface area contributed by atoms with Crippen molar-refractivity contribution in [3.05, 3.63) is 83.7 Å². The fourth-order valence-electron chi connectivity index (χ4n) is 3.56. The zero-order valence-corrected chi connectivity index (χ0v) is 16.7. The van der Waals surface area contributed by atoms with Crippen LogP contribution in [0.3, 0.4) is 0 Å². The Kier molecular flexibility index (Phi) is 6.55. The highest BCUT2D eigenvalue weighted by atomic mass is 16.5. The summed E-state index contributed by atoms with van der Waals surface area (Å²) < 4.78 is 11.2. The number of hydrogen-bond acceptors (Lipinski definition) is 8. The molecule has 8 nitrogen and oxygen atoms in total. The van der Waals surface area contributed by atoms with E-state index in [9.17, 15) is 20.4 Å². The monoisotopic (exact) mass is 424 g/mol. The average molecular weight is 424 g/mol. The molecule has 0 amide bonds. The molecule has 1 fully saturated rings. The molecule has 0 saturated carbocycles. The molecular weight excluding hydrogens is 400 g/mol. The van der Waals surface area contributed by atoms with E-state index in [1.54, 1.807) is 18.5 Å². The van der Waals surface area contributed by atoms with Gasteiger partial charge < -0.3 is 29.9 Å². The Morgan fingerprint density at radius 1 is 0.806 bits per heavy atom. The third-order valence-corrected chi connectivity index (χ3v) is 5.28. The van der Waals surface area contributed by atoms with Crippen LogP contribution >= 0.6 is 0 Å². The van der Waals surface area contributed by atoms with E-state index < -0.39 is 37.1 Å². The fraction of sp³-hybridized carbons (Fsp3) is 0.304. The van der Waals surface area contributed by atoms with Crippen molar-refractivity contribution in [1.29, 1.82) is 0 Å². The Labute approximate surface area is 179 Å². The minimum atomic E-state index is -1.39. The van der Waals surface area contributed by atoms with E-state index in [0.29, 0.717) is 23.7 Å². The maximum atomic E-state index is 10.3. The highest BCUT2D eigenvalue weighted by Gasteiger charge is 2.43. The number of aliphatic hydroxyl groups excluding tert-OH is 4. The molecule has 1 aromatic heterocycles. The summed E-state index contributed by atoms with van der Waals surface area (Å²) in [7, 11) is 0. The van der Waals surface area contributed by atoms with Gasteiger partial charge in [0.25, 0.3) is 0 Å². The summed E-state index contributed by atoms with van der Waals surface area (Å²) in [6.07, 6.45) is -1.88. The van der Waals surface area contributed by atoms with E-state index in [4.69, 9.17) is 9.47 Å². The zero-order valence-electron chi connectivity index (χ0n) is 16.7. The van der Waals surface area contributed by atoms with Gasteiger partial charge in [-0.15, -0.1) is 0 Å². The highest BCUT2D eigenvalue weighted by Crippen LogP contribution is 2.32. The molecule has 1 aliphatic heterocycles. The first-order valence-corrected chi connectivity index (χ1v) is 9.98. The van der Waals surface area contributed by atoms with Crippen molar-refractivity contribution >= 4 is 0 Å². The molecule has 0 aliphatic carbocycles. The van der Waals surface area contributed by atoms with Gasteiger partial charge in [0.05, 0.1) is 6.61 Å². The van der Waals surface area contributed by atoms with Crippen LogP contribution in [0.15, 0.2) is 67.0 Å². The standard InChI is InChI=1S/C23H24N2O6/c26-13-18-19(27)20(28)21(29)22(31-18)16-6-2-14(3-7-16)12-15-4-8-17(9-5-15)30-23-24-10-1-11-25-23/h1-11,18-22,26-29H,12-13H2/t18-,19-,20+,21-,22+/m1/s1. The van der Waals surface area contributed by atoms with Crippen LogP contribution in [0.2, 0.25) is 0 Å². The van der Waals surface area contributed by atoms with Crippen LogP contribution in [0.25, 0.3) is 0 Å². The number of hydrogen-bond donors (Lipinski definition) is 4. The number of rotatable bonds is 6. The first kappa shape index (κ1) is 21.4. The Balaban J connectivity index is 1.40. The largest absolute Gasteiger partial charge is 0.424 e.